The van der Waals surface area contributed by atoms with Crippen LogP contribution < -0.4 is 5.32 Å². The van der Waals surface area contributed by atoms with Crippen molar-refractivity contribution in [3.8, 4) is 11.3 Å². The first-order valence-electron chi connectivity index (χ1n) is 7.55. The van der Waals surface area contributed by atoms with Crippen molar-refractivity contribution in [2.75, 3.05) is 0 Å². The highest BCUT2D eigenvalue weighted by molar-refractivity contribution is 6.08. The number of aromatic nitrogens is 1. The van der Waals surface area contributed by atoms with Crippen molar-refractivity contribution in [2.45, 2.75) is 13.0 Å². The maximum atomic E-state index is 12.6. The first kappa shape index (κ1) is 15.7. The molecule has 1 aromatic heterocycles. The third-order valence-corrected chi connectivity index (χ3v) is 3.75. The summed E-state index contributed by atoms with van der Waals surface area (Å²) in [5, 5.41) is 12.2. The van der Waals surface area contributed by atoms with Gasteiger partial charge in [0.15, 0.2) is 0 Å². The molecule has 0 aliphatic heterocycles. The van der Waals surface area contributed by atoms with E-state index in [1.807, 2.05) is 48.5 Å². The quantitative estimate of drug-likeness (QED) is 0.774. The fourth-order valence-electron chi connectivity index (χ4n) is 2.46. The lowest BCUT2D eigenvalue weighted by Gasteiger charge is -2.12. The molecule has 0 saturated heterocycles. The SMILES string of the molecule is CC(NC(=O)c1cc(-c2ccccc2)nc2ccccc12)C(=O)O. The van der Waals surface area contributed by atoms with Crippen LogP contribution in [0.25, 0.3) is 22.2 Å². The number of aliphatic carboxylic acids is 1. The lowest BCUT2D eigenvalue weighted by atomic mass is 10.0. The van der Waals surface area contributed by atoms with Crippen LogP contribution in [0.1, 0.15) is 17.3 Å². The van der Waals surface area contributed by atoms with Gasteiger partial charge < -0.3 is 10.4 Å². The number of para-hydroxylation sites is 1. The van der Waals surface area contributed by atoms with Crippen molar-refractivity contribution in [1.29, 1.82) is 0 Å². The summed E-state index contributed by atoms with van der Waals surface area (Å²) in [6, 6.07) is 17.6. The summed E-state index contributed by atoms with van der Waals surface area (Å²) in [6.45, 7) is 1.43. The Morgan fingerprint density at radius 3 is 2.42 bits per heavy atom. The summed E-state index contributed by atoms with van der Waals surface area (Å²) in [5.74, 6) is -1.51. The van der Waals surface area contributed by atoms with Gasteiger partial charge in [0.1, 0.15) is 6.04 Å². The monoisotopic (exact) mass is 320 g/mol. The zero-order chi connectivity index (χ0) is 17.1. The maximum absolute atomic E-state index is 12.6. The molecule has 0 saturated carbocycles. The number of hydrogen-bond donors (Lipinski definition) is 2. The number of nitrogens with zero attached hydrogens (tertiary/aromatic N) is 1. The number of carboxylic acid groups (broad SMARTS) is 1. The Morgan fingerprint density at radius 2 is 1.71 bits per heavy atom. The second kappa shape index (κ2) is 6.50. The van der Waals surface area contributed by atoms with Crippen LogP contribution in [0.2, 0.25) is 0 Å². The molecule has 5 nitrogen and oxygen atoms in total. The zero-order valence-electron chi connectivity index (χ0n) is 13.1. The summed E-state index contributed by atoms with van der Waals surface area (Å²) >= 11 is 0. The molecule has 24 heavy (non-hydrogen) atoms. The summed E-state index contributed by atoms with van der Waals surface area (Å²) < 4.78 is 0. The molecule has 1 unspecified atom stereocenters. The number of carbonyl (C=O) groups excluding carboxylic acids is 1. The van der Waals surface area contributed by atoms with Gasteiger partial charge in [0.05, 0.1) is 16.8 Å². The van der Waals surface area contributed by atoms with Crippen molar-refractivity contribution in [3.05, 3.63) is 66.2 Å². The van der Waals surface area contributed by atoms with Gasteiger partial charge in [0.2, 0.25) is 0 Å². The minimum absolute atomic E-state index is 0.410. The fraction of sp³-hybridized carbons (Fsp3) is 0.105. The third kappa shape index (κ3) is 3.10. The Kier molecular flexibility index (Phi) is 4.24. The highest BCUT2D eigenvalue weighted by Gasteiger charge is 2.18. The minimum Gasteiger partial charge on any atom is -0.480 e. The fourth-order valence-corrected chi connectivity index (χ4v) is 2.46. The van der Waals surface area contributed by atoms with Crippen LogP contribution in [0.15, 0.2) is 60.7 Å². The van der Waals surface area contributed by atoms with E-state index >= 15 is 0 Å². The molecule has 3 aromatic rings. The molecule has 1 amide bonds. The Balaban J connectivity index is 2.11. The Labute approximate surface area is 139 Å². The molecule has 0 aliphatic rings. The molecule has 3 rings (SSSR count). The number of carbonyl (C=O) groups is 2. The van der Waals surface area contributed by atoms with Gasteiger partial charge in [0.25, 0.3) is 5.91 Å². The van der Waals surface area contributed by atoms with Crippen LogP contribution in [0, 0.1) is 0 Å². The van der Waals surface area contributed by atoms with Crippen LogP contribution in [0.5, 0.6) is 0 Å². The summed E-state index contributed by atoms with van der Waals surface area (Å²) in [5.41, 5.74) is 2.66. The van der Waals surface area contributed by atoms with Crippen molar-refractivity contribution in [2.24, 2.45) is 0 Å². The normalized spacial score (nSPS) is 11.9. The topological polar surface area (TPSA) is 79.3 Å². The smallest absolute Gasteiger partial charge is 0.325 e. The first-order chi connectivity index (χ1) is 11.6. The minimum atomic E-state index is -1.08. The average molecular weight is 320 g/mol. The second-order valence-corrected chi connectivity index (χ2v) is 5.47. The summed E-state index contributed by atoms with van der Waals surface area (Å²) in [7, 11) is 0. The van der Waals surface area contributed by atoms with Gasteiger partial charge in [-0.15, -0.1) is 0 Å². The molecular formula is C19H16N2O3. The molecule has 0 radical (unpaired) electrons. The predicted octanol–water partition coefficient (Wildman–Crippen LogP) is 3.10. The number of carboxylic acids is 1. The predicted molar refractivity (Wildman–Crippen MR) is 91.7 cm³/mol. The van der Waals surface area contributed by atoms with Gasteiger partial charge >= 0.3 is 5.97 Å². The molecule has 1 heterocycles. The highest BCUT2D eigenvalue weighted by atomic mass is 16.4. The number of fused-ring (bicyclic) bond motifs is 1. The van der Waals surface area contributed by atoms with E-state index in [0.717, 1.165) is 5.56 Å². The van der Waals surface area contributed by atoms with Crippen molar-refractivity contribution < 1.29 is 14.7 Å². The molecule has 0 spiro atoms. The highest BCUT2D eigenvalue weighted by Crippen LogP contribution is 2.24. The molecule has 120 valence electrons. The van der Waals surface area contributed by atoms with Gasteiger partial charge in [-0.2, -0.15) is 0 Å². The van der Waals surface area contributed by atoms with E-state index in [4.69, 9.17) is 5.11 Å². The molecule has 0 aliphatic carbocycles. The molecular weight excluding hydrogens is 304 g/mol. The molecule has 5 heteroatoms. The molecule has 1 atom stereocenters. The third-order valence-electron chi connectivity index (χ3n) is 3.75. The first-order valence-corrected chi connectivity index (χ1v) is 7.55. The largest absolute Gasteiger partial charge is 0.480 e. The van der Waals surface area contributed by atoms with Crippen LogP contribution >= 0.6 is 0 Å². The van der Waals surface area contributed by atoms with Crippen molar-refractivity contribution in [3.63, 3.8) is 0 Å². The van der Waals surface area contributed by atoms with E-state index in [9.17, 15) is 9.59 Å². The van der Waals surface area contributed by atoms with Crippen molar-refractivity contribution >= 4 is 22.8 Å². The average Bonchev–Trinajstić information content (AvgIpc) is 2.61. The lowest BCUT2D eigenvalue weighted by Crippen LogP contribution is -2.38. The maximum Gasteiger partial charge on any atom is 0.325 e. The lowest BCUT2D eigenvalue weighted by molar-refractivity contribution is -0.138. The molecule has 0 bridgehead atoms. The number of hydrogen-bond acceptors (Lipinski definition) is 3. The van der Waals surface area contributed by atoms with E-state index < -0.39 is 17.9 Å². The van der Waals surface area contributed by atoms with Gasteiger partial charge in [-0.25, -0.2) is 4.98 Å². The number of pyridine rings is 1. The van der Waals surface area contributed by atoms with E-state index in [0.29, 0.717) is 22.2 Å². The van der Waals surface area contributed by atoms with Crippen LogP contribution in [0.4, 0.5) is 0 Å². The van der Waals surface area contributed by atoms with Gasteiger partial charge in [-0.05, 0) is 19.1 Å². The number of amides is 1. The number of benzene rings is 2. The van der Waals surface area contributed by atoms with Crippen molar-refractivity contribution in [1.82, 2.24) is 10.3 Å². The molecule has 0 fully saturated rings. The summed E-state index contributed by atoms with van der Waals surface area (Å²) in [6.07, 6.45) is 0. The van der Waals surface area contributed by atoms with Crippen LogP contribution in [-0.4, -0.2) is 28.0 Å². The van der Waals surface area contributed by atoms with Gasteiger partial charge in [0, 0.05) is 10.9 Å². The molecule has 2 aromatic carbocycles. The van der Waals surface area contributed by atoms with E-state index in [1.54, 1.807) is 12.1 Å². The van der Waals surface area contributed by atoms with E-state index in [-0.39, 0.29) is 0 Å². The zero-order valence-corrected chi connectivity index (χ0v) is 13.1. The Morgan fingerprint density at radius 1 is 1.04 bits per heavy atom. The second-order valence-electron chi connectivity index (χ2n) is 5.47. The van der Waals surface area contributed by atoms with E-state index in [2.05, 4.69) is 10.3 Å². The number of nitrogens with one attached hydrogen (secondary N) is 1. The molecule has 2 N–H and O–H groups in total. The Hall–Kier alpha value is -3.21. The standard InChI is InChI=1S/C19H16N2O3/c1-12(19(23)24)20-18(22)15-11-17(13-7-3-2-4-8-13)21-16-10-6-5-9-14(15)16/h2-12H,1H3,(H,20,22)(H,23,24). The van der Waals surface area contributed by atoms with Crippen LogP contribution in [0.3, 0.4) is 0 Å². The van der Waals surface area contributed by atoms with Gasteiger partial charge in [-0.3, -0.25) is 9.59 Å². The number of rotatable bonds is 4. The Bertz CT molecular complexity index is 907. The van der Waals surface area contributed by atoms with E-state index in [1.165, 1.54) is 6.92 Å². The van der Waals surface area contributed by atoms with Gasteiger partial charge in [-0.1, -0.05) is 48.5 Å². The van der Waals surface area contributed by atoms with Crippen LogP contribution in [-0.2, 0) is 4.79 Å². The summed E-state index contributed by atoms with van der Waals surface area (Å²) in [4.78, 5) is 28.2.